The minimum absolute atomic E-state index is 0.151. The lowest BCUT2D eigenvalue weighted by atomic mass is 9.98. The molecule has 1 aromatic carbocycles. The van der Waals surface area contributed by atoms with Crippen LogP contribution in [0.3, 0.4) is 0 Å². The predicted molar refractivity (Wildman–Crippen MR) is 127 cm³/mol. The summed E-state index contributed by atoms with van der Waals surface area (Å²) < 4.78 is 5.26. The molecule has 0 bridgehead atoms. The Morgan fingerprint density at radius 2 is 1.84 bits per heavy atom. The Morgan fingerprint density at radius 1 is 1.19 bits per heavy atom. The molecule has 0 heterocycles. The van der Waals surface area contributed by atoms with Crippen LogP contribution in [0, 0.1) is 13.8 Å². The van der Waals surface area contributed by atoms with Crippen LogP contribution in [0.15, 0.2) is 30.9 Å². The molecule has 1 rings (SSSR count). The van der Waals surface area contributed by atoms with Gasteiger partial charge in [0.1, 0.15) is 17.7 Å². The average Bonchev–Trinajstić information content (AvgIpc) is 2.68. The van der Waals surface area contributed by atoms with Crippen LogP contribution in [0.4, 0.5) is 4.79 Å². The number of amides is 3. The zero-order valence-corrected chi connectivity index (χ0v) is 20.6. The van der Waals surface area contributed by atoms with Crippen LogP contribution < -0.4 is 10.6 Å². The van der Waals surface area contributed by atoms with E-state index in [1.807, 2.05) is 39.0 Å². The van der Waals surface area contributed by atoms with Crippen molar-refractivity contribution in [2.45, 2.75) is 79.0 Å². The van der Waals surface area contributed by atoms with Crippen LogP contribution in [0.5, 0.6) is 0 Å². The summed E-state index contributed by atoms with van der Waals surface area (Å²) in [6.45, 7) is 17.3. The average molecular weight is 446 g/mol. The number of nitrogens with one attached hydrogen (secondary N) is 2. The maximum Gasteiger partial charge on any atom is 0.408 e. The number of aryl methyl sites for hydroxylation is 2. The molecule has 2 unspecified atom stereocenters. The molecule has 0 aliphatic heterocycles. The molecule has 7 heteroatoms. The third-order valence-electron chi connectivity index (χ3n) is 4.95. The van der Waals surface area contributed by atoms with Crippen molar-refractivity contribution in [3.8, 4) is 0 Å². The molecule has 2 N–H and O–H groups in total. The number of ether oxygens (including phenoxy) is 1. The van der Waals surface area contributed by atoms with E-state index in [9.17, 15) is 14.4 Å². The van der Waals surface area contributed by atoms with Gasteiger partial charge in [-0.3, -0.25) is 9.59 Å². The van der Waals surface area contributed by atoms with Crippen LogP contribution in [0.25, 0.3) is 0 Å². The Morgan fingerprint density at radius 3 is 2.38 bits per heavy atom. The Labute approximate surface area is 192 Å². The summed E-state index contributed by atoms with van der Waals surface area (Å²) in [6.07, 6.45) is 2.68. The number of carbonyl (C=O) groups excluding carboxylic acids is 3. The number of alkyl carbamates (subject to hydrolysis) is 1. The second kappa shape index (κ2) is 12.3. The number of carbonyl (C=O) groups is 3. The lowest BCUT2D eigenvalue weighted by Gasteiger charge is -2.33. The molecule has 178 valence electrons. The Bertz CT molecular complexity index is 814. The maximum atomic E-state index is 13.4. The van der Waals surface area contributed by atoms with Gasteiger partial charge in [-0.15, -0.1) is 6.58 Å². The highest BCUT2D eigenvalue weighted by Gasteiger charge is 2.34. The molecular weight excluding hydrogens is 406 g/mol. The SMILES string of the molecule is C=CCN(C(=O)C(C)NC(=O)OC(C)(C)C)C(C(=O)NCCCC)c1ccc(C)c(C)c1. The van der Waals surface area contributed by atoms with Crippen molar-refractivity contribution < 1.29 is 19.1 Å². The van der Waals surface area contributed by atoms with Gasteiger partial charge in [0.15, 0.2) is 0 Å². The highest BCUT2D eigenvalue weighted by Crippen LogP contribution is 2.25. The summed E-state index contributed by atoms with van der Waals surface area (Å²) in [6, 6.07) is 3.99. The number of nitrogens with zero attached hydrogens (tertiary/aromatic N) is 1. The Balaban J connectivity index is 3.25. The fourth-order valence-electron chi connectivity index (χ4n) is 3.15. The molecule has 2 atom stereocenters. The summed E-state index contributed by atoms with van der Waals surface area (Å²) in [4.78, 5) is 40.2. The largest absolute Gasteiger partial charge is 0.444 e. The van der Waals surface area contributed by atoms with Crippen molar-refractivity contribution in [2.75, 3.05) is 13.1 Å². The lowest BCUT2D eigenvalue weighted by molar-refractivity contribution is -0.141. The van der Waals surface area contributed by atoms with E-state index in [4.69, 9.17) is 4.74 Å². The van der Waals surface area contributed by atoms with Crippen LogP contribution in [0.2, 0.25) is 0 Å². The predicted octanol–water partition coefficient (Wildman–Crippen LogP) is 4.19. The quantitative estimate of drug-likeness (QED) is 0.418. The zero-order chi connectivity index (χ0) is 24.5. The number of benzene rings is 1. The van der Waals surface area contributed by atoms with E-state index in [1.54, 1.807) is 33.8 Å². The first-order valence-corrected chi connectivity index (χ1v) is 11.2. The lowest BCUT2D eigenvalue weighted by Crippen LogP contribution is -2.52. The van der Waals surface area contributed by atoms with Crippen molar-refractivity contribution in [1.82, 2.24) is 15.5 Å². The molecule has 0 aliphatic rings. The van der Waals surface area contributed by atoms with Crippen molar-refractivity contribution in [3.05, 3.63) is 47.5 Å². The van der Waals surface area contributed by atoms with Gasteiger partial charge < -0.3 is 20.3 Å². The fraction of sp³-hybridized carbons (Fsp3) is 0.560. The second-order valence-electron chi connectivity index (χ2n) is 9.04. The molecule has 0 saturated heterocycles. The minimum atomic E-state index is -0.887. The highest BCUT2D eigenvalue weighted by atomic mass is 16.6. The van der Waals surface area contributed by atoms with E-state index >= 15 is 0 Å². The van der Waals surface area contributed by atoms with Crippen LogP contribution >= 0.6 is 0 Å². The van der Waals surface area contributed by atoms with Gasteiger partial charge in [0.2, 0.25) is 11.8 Å². The van der Waals surface area contributed by atoms with E-state index in [2.05, 4.69) is 17.2 Å². The highest BCUT2D eigenvalue weighted by molar-refractivity contribution is 5.92. The monoisotopic (exact) mass is 445 g/mol. The summed E-state index contributed by atoms with van der Waals surface area (Å²) in [5.41, 5.74) is 2.15. The standard InChI is InChI=1S/C25H39N3O4/c1-9-11-14-26-22(29)21(20-13-12-17(3)18(4)16-20)28(15-10-2)23(30)19(5)27-24(31)32-25(6,7)8/h10,12-13,16,19,21H,2,9,11,14-15H2,1,3-8H3,(H,26,29)(H,27,31). The van der Waals surface area contributed by atoms with Gasteiger partial charge in [-0.2, -0.15) is 0 Å². The van der Waals surface area contributed by atoms with Crippen molar-refractivity contribution in [2.24, 2.45) is 0 Å². The molecule has 0 aromatic heterocycles. The third kappa shape index (κ3) is 8.36. The van der Waals surface area contributed by atoms with Gasteiger partial charge >= 0.3 is 6.09 Å². The smallest absolute Gasteiger partial charge is 0.408 e. The van der Waals surface area contributed by atoms with Crippen molar-refractivity contribution in [3.63, 3.8) is 0 Å². The van der Waals surface area contributed by atoms with E-state index in [0.717, 1.165) is 24.0 Å². The van der Waals surface area contributed by atoms with E-state index in [1.165, 1.54) is 4.90 Å². The Hall–Kier alpha value is -2.83. The molecule has 32 heavy (non-hydrogen) atoms. The van der Waals surface area contributed by atoms with E-state index in [0.29, 0.717) is 12.1 Å². The van der Waals surface area contributed by atoms with Gasteiger partial charge in [-0.1, -0.05) is 37.6 Å². The zero-order valence-electron chi connectivity index (χ0n) is 20.6. The van der Waals surface area contributed by atoms with Gasteiger partial charge in [0.05, 0.1) is 0 Å². The van der Waals surface area contributed by atoms with E-state index in [-0.39, 0.29) is 12.5 Å². The molecule has 7 nitrogen and oxygen atoms in total. The fourth-order valence-corrected chi connectivity index (χ4v) is 3.15. The summed E-state index contributed by atoms with van der Waals surface area (Å²) in [5.74, 6) is -0.661. The summed E-state index contributed by atoms with van der Waals surface area (Å²) >= 11 is 0. The van der Waals surface area contributed by atoms with Gasteiger partial charge in [0.25, 0.3) is 0 Å². The Kier molecular flexibility index (Phi) is 10.4. The van der Waals surface area contributed by atoms with Crippen molar-refractivity contribution in [1.29, 1.82) is 0 Å². The molecule has 0 radical (unpaired) electrons. The normalized spacial score (nSPS) is 13.0. The molecule has 0 aliphatic carbocycles. The topological polar surface area (TPSA) is 87.7 Å². The van der Waals surface area contributed by atoms with Gasteiger partial charge in [-0.25, -0.2) is 4.79 Å². The van der Waals surface area contributed by atoms with Gasteiger partial charge in [-0.05, 0) is 64.7 Å². The molecule has 3 amide bonds. The van der Waals surface area contributed by atoms with E-state index < -0.39 is 29.7 Å². The first-order chi connectivity index (χ1) is 14.9. The number of hydrogen-bond donors (Lipinski definition) is 2. The van der Waals surface area contributed by atoms with Crippen LogP contribution in [0.1, 0.15) is 70.2 Å². The molecule has 0 fully saturated rings. The molecule has 0 spiro atoms. The minimum Gasteiger partial charge on any atom is -0.444 e. The van der Waals surface area contributed by atoms with Crippen molar-refractivity contribution >= 4 is 17.9 Å². The number of unbranched alkanes of at least 4 members (excludes halogenated alkanes) is 1. The maximum absolute atomic E-state index is 13.4. The van der Waals surface area contributed by atoms with Gasteiger partial charge in [0, 0.05) is 13.1 Å². The van der Waals surface area contributed by atoms with Crippen LogP contribution in [-0.4, -0.2) is 47.5 Å². The summed E-state index contributed by atoms with van der Waals surface area (Å²) in [7, 11) is 0. The third-order valence-corrected chi connectivity index (χ3v) is 4.95. The first-order valence-electron chi connectivity index (χ1n) is 11.2. The molecular formula is C25H39N3O4. The van der Waals surface area contributed by atoms with Crippen LogP contribution in [-0.2, 0) is 14.3 Å². The summed E-state index contributed by atoms with van der Waals surface area (Å²) in [5, 5.41) is 5.52. The second-order valence-corrected chi connectivity index (χ2v) is 9.04. The molecule has 1 aromatic rings. The first kappa shape index (κ1) is 27.2. The number of hydrogen-bond acceptors (Lipinski definition) is 4. The molecule has 0 saturated carbocycles. The number of rotatable bonds is 10.